The van der Waals surface area contributed by atoms with Gasteiger partial charge in [-0.05, 0) is 31.7 Å². The van der Waals surface area contributed by atoms with E-state index in [0.717, 1.165) is 31.4 Å². The van der Waals surface area contributed by atoms with Gasteiger partial charge in [-0.2, -0.15) is 5.10 Å². The third kappa shape index (κ3) is 2.24. The molecule has 96 valence electrons. The Labute approximate surface area is 103 Å². The van der Waals surface area contributed by atoms with Crippen molar-refractivity contribution in [3.05, 3.63) is 17.5 Å². The van der Waals surface area contributed by atoms with E-state index in [-0.39, 0.29) is 11.6 Å². The Kier molecular flexibility index (Phi) is 3.54. The number of nitrogens with two attached hydrogens (primary N) is 1. The van der Waals surface area contributed by atoms with E-state index in [1.165, 1.54) is 12.1 Å². The molecule has 2 rings (SSSR count). The van der Waals surface area contributed by atoms with Crippen LogP contribution in [-0.2, 0) is 24.6 Å². The Morgan fingerprint density at radius 1 is 1.59 bits per heavy atom. The maximum atomic E-state index is 6.31. The molecule has 0 spiro atoms. The number of aryl methyl sites for hydroxylation is 2. The van der Waals surface area contributed by atoms with Gasteiger partial charge in [0.15, 0.2) is 0 Å². The van der Waals surface area contributed by atoms with E-state index in [2.05, 4.69) is 18.1 Å². The minimum absolute atomic E-state index is 0.0707. The topological polar surface area (TPSA) is 53.1 Å². The van der Waals surface area contributed by atoms with Crippen LogP contribution in [-0.4, -0.2) is 28.5 Å². The second kappa shape index (κ2) is 4.78. The zero-order valence-electron chi connectivity index (χ0n) is 11.1. The zero-order chi connectivity index (χ0) is 12.5. The van der Waals surface area contributed by atoms with Crippen molar-refractivity contribution in [2.75, 3.05) is 7.11 Å². The third-order valence-corrected chi connectivity index (χ3v) is 4.10. The predicted molar refractivity (Wildman–Crippen MR) is 67.9 cm³/mol. The lowest BCUT2D eigenvalue weighted by Gasteiger charge is -2.45. The smallest absolute Gasteiger partial charge is 0.0832 e. The van der Waals surface area contributed by atoms with Gasteiger partial charge in [0.05, 0.1) is 11.3 Å². The average Bonchev–Trinajstić information content (AvgIpc) is 2.59. The highest BCUT2D eigenvalue weighted by Crippen LogP contribution is 2.38. The molecule has 0 amide bonds. The zero-order valence-corrected chi connectivity index (χ0v) is 11.1. The van der Waals surface area contributed by atoms with Crippen molar-refractivity contribution in [1.82, 2.24) is 9.78 Å². The molecular formula is C13H23N3O. The summed E-state index contributed by atoms with van der Waals surface area (Å²) in [5.41, 5.74) is 8.56. The molecular weight excluding hydrogens is 214 g/mol. The van der Waals surface area contributed by atoms with E-state index in [4.69, 9.17) is 10.5 Å². The fourth-order valence-corrected chi connectivity index (χ4v) is 2.60. The summed E-state index contributed by atoms with van der Waals surface area (Å²) in [7, 11) is 3.77. The normalized spacial score (nSPS) is 20.0. The fourth-order valence-electron chi connectivity index (χ4n) is 2.60. The Bertz CT molecular complexity index is 377. The standard InChI is InChI=1S/C13H23N3O/c1-4-10-8-11(16(2)15-10)9-12(14)13(17-3)6-5-7-13/h8,12H,4-7,9,14H2,1-3H3. The van der Waals surface area contributed by atoms with Crippen molar-refractivity contribution in [2.45, 2.75) is 50.7 Å². The summed E-state index contributed by atoms with van der Waals surface area (Å²) in [6, 6.07) is 2.23. The molecule has 1 heterocycles. The van der Waals surface area contributed by atoms with Gasteiger partial charge in [0.2, 0.25) is 0 Å². The van der Waals surface area contributed by atoms with Gasteiger partial charge in [0.1, 0.15) is 0 Å². The first-order valence-corrected chi connectivity index (χ1v) is 6.44. The van der Waals surface area contributed by atoms with Crippen LogP contribution in [0, 0.1) is 0 Å². The van der Waals surface area contributed by atoms with Crippen molar-refractivity contribution in [1.29, 1.82) is 0 Å². The molecule has 2 N–H and O–H groups in total. The minimum atomic E-state index is -0.0867. The molecule has 0 aromatic carbocycles. The van der Waals surface area contributed by atoms with E-state index in [1.54, 1.807) is 7.11 Å². The third-order valence-electron chi connectivity index (χ3n) is 4.10. The average molecular weight is 237 g/mol. The molecule has 1 aromatic heterocycles. The van der Waals surface area contributed by atoms with Gasteiger partial charge in [0.25, 0.3) is 0 Å². The highest BCUT2D eigenvalue weighted by atomic mass is 16.5. The molecule has 0 saturated heterocycles. The summed E-state index contributed by atoms with van der Waals surface area (Å²) < 4.78 is 7.57. The maximum absolute atomic E-state index is 6.31. The van der Waals surface area contributed by atoms with Crippen LogP contribution in [0.5, 0.6) is 0 Å². The molecule has 1 unspecified atom stereocenters. The number of aromatic nitrogens is 2. The van der Waals surface area contributed by atoms with Crippen LogP contribution in [0.15, 0.2) is 6.07 Å². The number of rotatable bonds is 5. The quantitative estimate of drug-likeness (QED) is 0.842. The first-order chi connectivity index (χ1) is 8.11. The summed E-state index contributed by atoms with van der Waals surface area (Å²) in [5.74, 6) is 0. The monoisotopic (exact) mass is 237 g/mol. The first-order valence-electron chi connectivity index (χ1n) is 6.44. The van der Waals surface area contributed by atoms with Gasteiger partial charge in [-0.15, -0.1) is 0 Å². The molecule has 1 aliphatic carbocycles. The molecule has 1 atom stereocenters. The number of ether oxygens (including phenoxy) is 1. The lowest BCUT2D eigenvalue weighted by atomic mass is 9.73. The molecule has 0 radical (unpaired) electrons. The van der Waals surface area contributed by atoms with Crippen molar-refractivity contribution in [3.8, 4) is 0 Å². The lowest BCUT2D eigenvalue weighted by molar-refractivity contribution is -0.0899. The second-order valence-corrected chi connectivity index (χ2v) is 5.04. The van der Waals surface area contributed by atoms with Gasteiger partial charge < -0.3 is 10.5 Å². The van der Waals surface area contributed by atoms with E-state index in [9.17, 15) is 0 Å². The van der Waals surface area contributed by atoms with Crippen molar-refractivity contribution < 1.29 is 4.74 Å². The molecule has 1 fully saturated rings. The van der Waals surface area contributed by atoms with Crippen LogP contribution >= 0.6 is 0 Å². The largest absolute Gasteiger partial charge is 0.377 e. The minimum Gasteiger partial charge on any atom is -0.377 e. The van der Waals surface area contributed by atoms with Crippen molar-refractivity contribution in [3.63, 3.8) is 0 Å². The Morgan fingerprint density at radius 3 is 2.71 bits per heavy atom. The van der Waals surface area contributed by atoms with Gasteiger partial charge in [-0.25, -0.2) is 0 Å². The molecule has 17 heavy (non-hydrogen) atoms. The molecule has 1 aliphatic rings. The molecule has 1 aromatic rings. The van der Waals surface area contributed by atoms with Gasteiger partial charge in [-0.1, -0.05) is 6.92 Å². The van der Waals surface area contributed by atoms with Crippen molar-refractivity contribution >= 4 is 0 Å². The second-order valence-electron chi connectivity index (χ2n) is 5.04. The van der Waals surface area contributed by atoms with Crippen LogP contribution in [0.2, 0.25) is 0 Å². The van der Waals surface area contributed by atoms with Gasteiger partial charge in [-0.3, -0.25) is 4.68 Å². The van der Waals surface area contributed by atoms with E-state index in [1.807, 2.05) is 11.7 Å². The number of nitrogens with zero attached hydrogens (tertiary/aromatic N) is 2. The summed E-state index contributed by atoms with van der Waals surface area (Å²) in [4.78, 5) is 0. The Hall–Kier alpha value is -0.870. The van der Waals surface area contributed by atoms with E-state index < -0.39 is 0 Å². The summed E-state index contributed by atoms with van der Waals surface area (Å²) >= 11 is 0. The van der Waals surface area contributed by atoms with Crippen LogP contribution < -0.4 is 5.73 Å². The molecule has 4 heteroatoms. The van der Waals surface area contributed by atoms with Crippen LogP contribution in [0.25, 0.3) is 0 Å². The summed E-state index contributed by atoms with van der Waals surface area (Å²) in [5, 5.41) is 4.45. The predicted octanol–water partition coefficient (Wildman–Crippen LogP) is 1.42. The van der Waals surface area contributed by atoms with Crippen LogP contribution in [0.4, 0.5) is 0 Å². The highest BCUT2D eigenvalue weighted by Gasteiger charge is 2.42. The number of methoxy groups -OCH3 is 1. The van der Waals surface area contributed by atoms with E-state index >= 15 is 0 Å². The summed E-state index contributed by atoms with van der Waals surface area (Å²) in [6.45, 7) is 2.12. The van der Waals surface area contributed by atoms with Crippen LogP contribution in [0.1, 0.15) is 37.6 Å². The SMILES string of the molecule is CCc1cc(CC(N)C2(OC)CCC2)n(C)n1. The number of hydrogen-bond donors (Lipinski definition) is 1. The van der Waals surface area contributed by atoms with Crippen molar-refractivity contribution in [2.24, 2.45) is 12.8 Å². The molecule has 4 nitrogen and oxygen atoms in total. The summed E-state index contributed by atoms with van der Waals surface area (Å²) in [6.07, 6.45) is 5.22. The van der Waals surface area contributed by atoms with E-state index in [0.29, 0.717) is 0 Å². The number of hydrogen-bond acceptors (Lipinski definition) is 3. The first kappa shape index (κ1) is 12.6. The highest BCUT2D eigenvalue weighted by molar-refractivity contribution is 5.14. The Balaban J connectivity index is 2.06. The molecule has 0 aliphatic heterocycles. The van der Waals surface area contributed by atoms with Gasteiger partial charge >= 0.3 is 0 Å². The lowest BCUT2D eigenvalue weighted by Crippen LogP contribution is -2.55. The fraction of sp³-hybridized carbons (Fsp3) is 0.769. The van der Waals surface area contributed by atoms with Gasteiger partial charge in [0, 0.05) is 32.3 Å². The Morgan fingerprint density at radius 2 is 2.29 bits per heavy atom. The van der Waals surface area contributed by atoms with Crippen LogP contribution in [0.3, 0.4) is 0 Å². The molecule has 0 bridgehead atoms. The maximum Gasteiger partial charge on any atom is 0.0832 e. The molecule has 1 saturated carbocycles.